The van der Waals surface area contributed by atoms with E-state index in [4.69, 9.17) is 0 Å². The third-order valence-electron chi connectivity index (χ3n) is 5.56. The van der Waals surface area contributed by atoms with Gasteiger partial charge in [0.25, 0.3) is 0 Å². The number of aromatic nitrogens is 4. The number of H-pyrrole nitrogens is 1. The highest BCUT2D eigenvalue weighted by Gasteiger charge is 2.12. The highest BCUT2D eigenvalue weighted by molar-refractivity contribution is 8.01. The number of hydrogen-bond donors (Lipinski definition) is 4. The fourth-order valence-electron chi connectivity index (χ4n) is 3.58. The van der Waals surface area contributed by atoms with Gasteiger partial charge >= 0.3 is 0 Å². The minimum Gasteiger partial charge on any atom is -0.508 e. The molecule has 198 valence electrons. The number of nitrogens with one attached hydrogen (secondary N) is 3. The quantitative estimate of drug-likeness (QED) is 0.153. The van der Waals surface area contributed by atoms with Crippen molar-refractivity contribution in [3.8, 4) is 17.1 Å². The van der Waals surface area contributed by atoms with E-state index in [9.17, 15) is 14.7 Å². The van der Waals surface area contributed by atoms with Crippen molar-refractivity contribution in [2.24, 2.45) is 0 Å². The van der Waals surface area contributed by atoms with Crippen molar-refractivity contribution >= 4 is 68.3 Å². The van der Waals surface area contributed by atoms with E-state index < -0.39 is 0 Å². The number of phenols is 1. The fraction of sp³-hybridized carbons (Fsp3) is 0.148. The van der Waals surface area contributed by atoms with Gasteiger partial charge in [-0.25, -0.2) is 9.97 Å². The summed E-state index contributed by atoms with van der Waals surface area (Å²) in [5.41, 5.74) is 4.27. The predicted octanol–water partition coefficient (Wildman–Crippen LogP) is 5.81. The average molecular weight is 577 g/mol. The maximum absolute atomic E-state index is 12.5. The molecule has 0 aliphatic carbocycles. The van der Waals surface area contributed by atoms with Crippen LogP contribution in [0.3, 0.4) is 0 Å². The molecule has 2 amide bonds. The number of rotatable bonds is 10. The predicted molar refractivity (Wildman–Crippen MR) is 158 cm³/mol. The van der Waals surface area contributed by atoms with Crippen LogP contribution in [0.25, 0.3) is 21.6 Å². The van der Waals surface area contributed by atoms with E-state index in [1.54, 1.807) is 24.3 Å². The molecule has 0 unspecified atom stereocenters. The number of nitrogens with zero attached hydrogens (tertiary/aromatic N) is 3. The van der Waals surface area contributed by atoms with Crippen LogP contribution in [-0.4, -0.2) is 48.6 Å². The fourth-order valence-corrected chi connectivity index (χ4v) is 6.08. The first-order valence-corrected chi connectivity index (χ1v) is 14.8. The lowest BCUT2D eigenvalue weighted by atomic mass is 10.1. The van der Waals surface area contributed by atoms with Crippen molar-refractivity contribution < 1.29 is 14.7 Å². The van der Waals surface area contributed by atoms with E-state index in [0.29, 0.717) is 16.7 Å². The molecule has 2 aromatic heterocycles. The number of phenolic OH excluding ortho intramolecular Hbond substituents is 1. The Morgan fingerprint density at radius 3 is 2.33 bits per heavy atom. The van der Waals surface area contributed by atoms with Gasteiger partial charge in [-0.1, -0.05) is 42.6 Å². The lowest BCUT2D eigenvalue weighted by molar-refractivity contribution is -0.114. The lowest BCUT2D eigenvalue weighted by Gasteiger charge is -2.05. The summed E-state index contributed by atoms with van der Waals surface area (Å²) in [5, 5.41) is 22.7. The summed E-state index contributed by atoms with van der Waals surface area (Å²) in [6.07, 6.45) is 0.957. The van der Waals surface area contributed by atoms with Crippen molar-refractivity contribution in [3.63, 3.8) is 0 Å². The van der Waals surface area contributed by atoms with E-state index in [-0.39, 0.29) is 29.1 Å². The summed E-state index contributed by atoms with van der Waals surface area (Å²) in [6.45, 7) is 2.09. The van der Waals surface area contributed by atoms with Crippen molar-refractivity contribution in [1.29, 1.82) is 0 Å². The van der Waals surface area contributed by atoms with Gasteiger partial charge in [0, 0.05) is 16.9 Å². The van der Waals surface area contributed by atoms with Gasteiger partial charge in [-0.05, 0) is 66.6 Å². The normalized spacial score (nSPS) is 11.0. The summed E-state index contributed by atoms with van der Waals surface area (Å²) >= 11 is 4.08. The highest BCUT2D eigenvalue weighted by Crippen LogP contribution is 2.31. The van der Waals surface area contributed by atoms with Gasteiger partial charge < -0.3 is 15.7 Å². The number of aryl methyl sites for hydroxylation is 1. The topological polar surface area (TPSA) is 133 Å². The Balaban J connectivity index is 1.11. The van der Waals surface area contributed by atoms with Crippen LogP contribution < -0.4 is 10.6 Å². The number of thioether (sulfide) groups is 2. The van der Waals surface area contributed by atoms with Gasteiger partial charge in [-0.2, -0.15) is 0 Å². The zero-order valence-electron chi connectivity index (χ0n) is 20.8. The number of aromatic hydroxyl groups is 1. The molecule has 4 N–H and O–H groups in total. The molecule has 12 heteroatoms. The molecular formula is C27H24N6O3S3. The molecule has 0 bridgehead atoms. The van der Waals surface area contributed by atoms with Gasteiger partial charge in [0.15, 0.2) is 10.2 Å². The smallest absolute Gasteiger partial charge is 0.234 e. The number of amides is 2. The van der Waals surface area contributed by atoms with E-state index >= 15 is 0 Å². The summed E-state index contributed by atoms with van der Waals surface area (Å²) < 4.78 is 1.71. The molecule has 3 aromatic carbocycles. The summed E-state index contributed by atoms with van der Waals surface area (Å²) in [6, 6.07) is 20.0. The lowest BCUT2D eigenvalue weighted by Crippen LogP contribution is -2.14. The number of aromatic amines is 1. The number of anilines is 2. The Kier molecular flexibility index (Phi) is 8.45. The average Bonchev–Trinajstić information content (AvgIpc) is 3.58. The van der Waals surface area contributed by atoms with E-state index in [2.05, 4.69) is 37.7 Å². The number of fused-ring (bicyclic) bond motifs is 1. The molecule has 0 atom stereocenters. The summed E-state index contributed by atoms with van der Waals surface area (Å²) in [7, 11) is 0. The third kappa shape index (κ3) is 7.16. The maximum atomic E-state index is 12.5. The van der Waals surface area contributed by atoms with Gasteiger partial charge in [0.2, 0.25) is 17.0 Å². The monoisotopic (exact) mass is 576 g/mol. The number of benzene rings is 3. The molecule has 0 saturated heterocycles. The van der Waals surface area contributed by atoms with Crippen LogP contribution >= 0.6 is 34.9 Å². The first-order valence-electron chi connectivity index (χ1n) is 12.0. The Morgan fingerprint density at radius 2 is 1.59 bits per heavy atom. The molecule has 9 nitrogen and oxygen atoms in total. The van der Waals surface area contributed by atoms with Crippen molar-refractivity contribution in [1.82, 2.24) is 20.2 Å². The first-order chi connectivity index (χ1) is 18.9. The van der Waals surface area contributed by atoms with Gasteiger partial charge in [-0.15, -0.1) is 16.4 Å². The molecule has 0 fully saturated rings. The van der Waals surface area contributed by atoms with Crippen LogP contribution in [0.1, 0.15) is 12.5 Å². The van der Waals surface area contributed by atoms with E-state index in [0.717, 1.165) is 32.2 Å². The van der Waals surface area contributed by atoms with Crippen molar-refractivity contribution in [3.05, 3.63) is 72.3 Å². The molecule has 0 saturated carbocycles. The second-order valence-electron chi connectivity index (χ2n) is 8.40. The van der Waals surface area contributed by atoms with E-state index in [1.165, 1.54) is 40.4 Å². The molecule has 0 spiro atoms. The maximum Gasteiger partial charge on any atom is 0.234 e. The minimum atomic E-state index is -0.182. The molecule has 39 heavy (non-hydrogen) atoms. The zero-order chi connectivity index (χ0) is 27.2. The van der Waals surface area contributed by atoms with Crippen molar-refractivity contribution in [2.75, 3.05) is 22.1 Å². The van der Waals surface area contributed by atoms with Crippen molar-refractivity contribution in [2.45, 2.75) is 22.8 Å². The molecule has 0 aliphatic heterocycles. The van der Waals surface area contributed by atoms with Gasteiger partial charge in [0.05, 0.1) is 21.7 Å². The standard InChI is InChI=1S/C27H24N6O3S3/c1-2-16-3-7-18(8-4-16)28-24(36)15-38-27-30-21-12-9-19(13-22(21)39-27)29-23(35)14-37-26-31-25(32-33-26)17-5-10-20(34)11-6-17/h3-13,34H,2,14-15H2,1H3,(H,28,36)(H,29,35)(H,31,32,33). The Bertz CT molecular complexity index is 1600. The minimum absolute atomic E-state index is 0.0875. The Labute approximate surface area is 236 Å². The van der Waals surface area contributed by atoms with Crippen LogP contribution in [0.4, 0.5) is 11.4 Å². The number of thiazole rings is 1. The van der Waals surface area contributed by atoms with Gasteiger partial charge in [0.1, 0.15) is 5.75 Å². The molecule has 0 aliphatic rings. The van der Waals surface area contributed by atoms with Crippen LogP contribution in [-0.2, 0) is 16.0 Å². The molecule has 2 heterocycles. The van der Waals surface area contributed by atoms with E-state index in [1.807, 2.05) is 42.5 Å². The van der Waals surface area contributed by atoms with Gasteiger partial charge in [-0.3, -0.25) is 14.7 Å². The number of carbonyl (C=O) groups excluding carboxylic acids is 2. The highest BCUT2D eigenvalue weighted by atomic mass is 32.2. The summed E-state index contributed by atoms with van der Waals surface area (Å²) in [5.74, 6) is 0.864. The molecule has 5 aromatic rings. The second-order valence-corrected chi connectivity index (χ2v) is 11.6. The van der Waals surface area contributed by atoms with Crippen LogP contribution in [0.5, 0.6) is 5.75 Å². The number of carbonyl (C=O) groups is 2. The second kappa shape index (κ2) is 12.3. The largest absolute Gasteiger partial charge is 0.508 e. The molecular weight excluding hydrogens is 553 g/mol. The number of hydrogen-bond acceptors (Lipinski definition) is 9. The van der Waals surface area contributed by atoms with Crippen LogP contribution in [0, 0.1) is 0 Å². The first kappa shape index (κ1) is 26.7. The third-order valence-corrected chi connectivity index (χ3v) is 8.57. The Hall–Kier alpha value is -3.87. The molecule has 5 rings (SSSR count). The van der Waals surface area contributed by atoms with Crippen LogP contribution in [0.15, 0.2) is 76.2 Å². The SMILES string of the molecule is CCc1ccc(NC(=O)CSc2nc3ccc(NC(=O)CSc4n[nH]c(-c5ccc(O)cc5)n4)cc3s2)cc1. The summed E-state index contributed by atoms with van der Waals surface area (Å²) in [4.78, 5) is 33.9. The molecule has 0 radical (unpaired) electrons. The van der Waals surface area contributed by atoms with Crippen LogP contribution in [0.2, 0.25) is 0 Å². The Morgan fingerprint density at radius 1 is 0.897 bits per heavy atom. The zero-order valence-corrected chi connectivity index (χ0v) is 23.3.